The predicted octanol–water partition coefficient (Wildman–Crippen LogP) is 1.04. The zero-order valence-corrected chi connectivity index (χ0v) is 16.7. The number of amides is 1. The monoisotopic (exact) mass is 398 g/mol. The third-order valence-electron chi connectivity index (χ3n) is 3.95. The molecule has 9 heteroatoms. The summed E-state index contributed by atoms with van der Waals surface area (Å²) in [7, 11) is 0. The molecule has 1 amide bonds. The average molecular weight is 399 g/mol. The van der Waals surface area contributed by atoms with Crippen molar-refractivity contribution in [3.63, 3.8) is 0 Å². The normalized spacial score (nSPS) is 12.6. The van der Waals surface area contributed by atoms with Crippen molar-refractivity contribution in [1.29, 1.82) is 5.41 Å². The summed E-state index contributed by atoms with van der Waals surface area (Å²) in [6, 6.07) is 2.42. The van der Waals surface area contributed by atoms with Gasteiger partial charge in [-0.2, -0.15) is 0 Å². The van der Waals surface area contributed by atoms with Crippen molar-refractivity contribution in [2.24, 2.45) is 17.4 Å². The Bertz CT molecular complexity index is 584. The molecule has 1 rings (SSSR count). The molecule has 0 radical (unpaired) electrons. The number of aromatic nitrogens is 1. The Morgan fingerprint density at radius 2 is 2.15 bits per heavy atom. The Kier molecular flexibility index (Phi) is 12.0. The van der Waals surface area contributed by atoms with Crippen molar-refractivity contribution in [2.45, 2.75) is 51.7 Å². The molecule has 1 aromatic heterocycles. The maximum absolute atomic E-state index is 12.9. The van der Waals surface area contributed by atoms with Crippen molar-refractivity contribution >= 4 is 30.6 Å². The maximum Gasteiger partial charge on any atom is 0.240 e. The molecule has 0 aliphatic carbocycles. The van der Waals surface area contributed by atoms with Crippen molar-refractivity contribution in [3.8, 4) is 0 Å². The lowest BCUT2D eigenvalue weighted by molar-refractivity contribution is -0.138. The van der Waals surface area contributed by atoms with Crippen LogP contribution in [0, 0.1) is 11.3 Å². The molecule has 0 aliphatic heterocycles. The molecule has 0 aliphatic rings. The number of carbonyl (C=O) groups excluding carboxylic acids is 2. The fraction of sp³-hybridized carbons (Fsp3) is 0.556. The third kappa shape index (κ3) is 9.35. The number of nitrogens with two attached hydrogens (primary N) is 2. The van der Waals surface area contributed by atoms with Crippen LogP contribution in [0.1, 0.15) is 38.7 Å². The Morgan fingerprint density at radius 3 is 2.67 bits per heavy atom. The smallest absolute Gasteiger partial charge is 0.240 e. The number of rotatable bonds is 11. The second kappa shape index (κ2) is 13.1. The van der Waals surface area contributed by atoms with Crippen molar-refractivity contribution < 1.29 is 9.59 Å². The van der Waals surface area contributed by atoms with E-state index in [1.165, 1.54) is 4.90 Å². The van der Waals surface area contributed by atoms with E-state index in [1.807, 2.05) is 19.9 Å². The van der Waals surface area contributed by atoms with Crippen LogP contribution in [0.2, 0.25) is 0 Å². The van der Waals surface area contributed by atoms with E-state index in [0.717, 1.165) is 11.8 Å². The van der Waals surface area contributed by atoms with Crippen LogP contribution in [-0.2, 0) is 16.1 Å². The topological polar surface area (TPSA) is 138 Å². The van der Waals surface area contributed by atoms with Crippen molar-refractivity contribution in [2.75, 3.05) is 6.54 Å². The number of nitrogens with one attached hydrogen (secondary N) is 2. The zero-order chi connectivity index (χ0) is 19.5. The average Bonchev–Trinajstić information content (AvgIpc) is 2.60. The number of guanidine groups is 1. The van der Waals surface area contributed by atoms with Gasteiger partial charge >= 0.3 is 0 Å². The van der Waals surface area contributed by atoms with Crippen LogP contribution in [-0.4, -0.2) is 46.7 Å². The maximum atomic E-state index is 12.9. The summed E-state index contributed by atoms with van der Waals surface area (Å²) in [6.45, 7) is 4.75. The van der Waals surface area contributed by atoms with Gasteiger partial charge in [0.2, 0.25) is 5.91 Å². The number of aldehydes is 1. The molecule has 0 unspecified atom stereocenters. The molecule has 0 aromatic carbocycles. The summed E-state index contributed by atoms with van der Waals surface area (Å²) in [5, 5.41) is 9.86. The van der Waals surface area contributed by atoms with E-state index in [0.29, 0.717) is 25.8 Å². The van der Waals surface area contributed by atoms with Gasteiger partial charge in [0.05, 0.1) is 12.1 Å². The highest BCUT2D eigenvalue weighted by atomic mass is 35.5. The minimum Gasteiger partial charge on any atom is -0.370 e. The first-order valence-corrected chi connectivity index (χ1v) is 8.83. The first-order chi connectivity index (χ1) is 12.3. The SMILES string of the molecule is CC(C)C[C@H](N)C(=O)N(Cc1cccnc1)[C@H](C=O)CCCNC(=N)N.Cl. The second-order valence-corrected chi connectivity index (χ2v) is 6.75. The first-order valence-electron chi connectivity index (χ1n) is 8.83. The Hall–Kier alpha value is -2.19. The van der Waals surface area contributed by atoms with Gasteiger partial charge in [-0.1, -0.05) is 19.9 Å². The third-order valence-corrected chi connectivity index (χ3v) is 3.95. The summed E-state index contributed by atoms with van der Waals surface area (Å²) in [5.74, 6) is -0.0716. The summed E-state index contributed by atoms with van der Waals surface area (Å²) in [5.41, 5.74) is 12.2. The minimum absolute atomic E-state index is 0. The summed E-state index contributed by atoms with van der Waals surface area (Å²) < 4.78 is 0. The standard InChI is InChI=1S/C18H30N6O2.ClH/c1-13(2)9-16(19)17(26)24(11-14-5-3-7-22-10-14)15(12-25)6-4-8-23-18(20)21;/h3,5,7,10,12-13,15-16H,4,6,8-9,11,19H2,1-2H3,(H4,20,21,23);1H/t15-,16-;/m0./s1. The fourth-order valence-electron chi connectivity index (χ4n) is 2.70. The largest absolute Gasteiger partial charge is 0.370 e. The predicted molar refractivity (Wildman–Crippen MR) is 108 cm³/mol. The van der Waals surface area contributed by atoms with Crippen LogP contribution >= 0.6 is 12.4 Å². The highest BCUT2D eigenvalue weighted by Gasteiger charge is 2.28. The van der Waals surface area contributed by atoms with Crippen LogP contribution in [0.3, 0.4) is 0 Å². The Balaban J connectivity index is 0.00000676. The second-order valence-electron chi connectivity index (χ2n) is 6.75. The first kappa shape index (κ1) is 24.8. The van der Waals surface area contributed by atoms with E-state index in [-0.39, 0.29) is 36.7 Å². The molecule has 27 heavy (non-hydrogen) atoms. The van der Waals surface area contributed by atoms with Gasteiger partial charge in [0, 0.05) is 25.5 Å². The fourth-order valence-corrected chi connectivity index (χ4v) is 2.70. The summed E-state index contributed by atoms with van der Waals surface area (Å²) >= 11 is 0. The number of hydrogen-bond donors (Lipinski definition) is 4. The molecule has 0 saturated heterocycles. The minimum atomic E-state index is -0.649. The molecule has 0 saturated carbocycles. The molecule has 1 aromatic rings. The molecule has 8 nitrogen and oxygen atoms in total. The number of nitrogens with zero attached hydrogens (tertiary/aromatic N) is 2. The lowest BCUT2D eigenvalue weighted by Gasteiger charge is -2.31. The number of pyridine rings is 1. The van der Waals surface area contributed by atoms with Crippen LogP contribution < -0.4 is 16.8 Å². The lowest BCUT2D eigenvalue weighted by atomic mass is 10.0. The Morgan fingerprint density at radius 1 is 1.44 bits per heavy atom. The Labute approximate surface area is 167 Å². The lowest BCUT2D eigenvalue weighted by Crippen LogP contribution is -2.49. The summed E-state index contributed by atoms with van der Waals surface area (Å²) in [6.07, 6.45) is 5.73. The van der Waals surface area contributed by atoms with Crippen molar-refractivity contribution in [1.82, 2.24) is 15.2 Å². The van der Waals surface area contributed by atoms with Gasteiger partial charge in [-0.25, -0.2) is 0 Å². The number of carbonyl (C=O) groups is 2. The van der Waals surface area contributed by atoms with E-state index in [2.05, 4.69) is 10.3 Å². The van der Waals surface area contributed by atoms with E-state index in [9.17, 15) is 9.59 Å². The van der Waals surface area contributed by atoms with Gasteiger partial charge in [-0.15, -0.1) is 12.4 Å². The molecule has 2 atom stereocenters. The van der Waals surface area contributed by atoms with Gasteiger partial charge in [0.15, 0.2) is 5.96 Å². The van der Waals surface area contributed by atoms with E-state index in [1.54, 1.807) is 18.5 Å². The van der Waals surface area contributed by atoms with Crippen LogP contribution in [0.5, 0.6) is 0 Å². The van der Waals surface area contributed by atoms with Crippen LogP contribution in [0.4, 0.5) is 0 Å². The molecule has 0 bridgehead atoms. The van der Waals surface area contributed by atoms with Gasteiger partial charge in [-0.3, -0.25) is 15.2 Å². The van der Waals surface area contributed by atoms with Gasteiger partial charge < -0.3 is 26.5 Å². The van der Waals surface area contributed by atoms with Crippen molar-refractivity contribution in [3.05, 3.63) is 30.1 Å². The molecule has 6 N–H and O–H groups in total. The number of hydrogen-bond acceptors (Lipinski definition) is 5. The molecule has 0 fully saturated rings. The summed E-state index contributed by atoms with van der Waals surface area (Å²) in [4.78, 5) is 30.2. The molecular weight excluding hydrogens is 368 g/mol. The highest BCUT2D eigenvalue weighted by molar-refractivity contribution is 5.85. The van der Waals surface area contributed by atoms with Gasteiger partial charge in [0.1, 0.15) is 6.29 Å². The van der Waals surface area contributed by atoms with E-state index >= 15 is 0 Å². The quantitative estimate of drug-likeness (QED) is 0.190. The van der Waals surface area contributed by atoms with E-state index in [4.69, 9.17) is 16.9 Å². The van der Waals surface area contributed by atoms with E-state index < -0.39 is 12.1 Å². The number of halogens is 1. The molecular formula is C18H31ClN6O2. The van der Waals surface area contributed by atoms with Crippen LogP contribution in [0.25, 0.3) is 0 Å². The van der Waals surface area contributed by atoms with Gasteiger partial charge in [0.25, 0.3) is 0 Å². The molecule has 152 valence electrons. The molecule has 1 heterocycles. The zero-order valence-electron chi connectivity index (χ0n) is 15.9. The van der Waals surface area contributed by atoms with Gasteiger partial charge in [-0.05, 0) is 36.8 Å². The molecule has 0 spiro atoms. The highest BCUT2D eigenvalue weighted by Crippen LogP contribution is 2.15. The van der Waals surface area contributed by atoms with Crippen LogP contribution in [0.15, 0.2) is 24.5 Å².